The second-order valence-corrected chi connectivity index (χ2v) is 10.2. The lowest BCUT2D eigenvalue weighted by atomic mass is 9.71. The lowest BCUT2D eigenvalue weighted by Crippen LogP contribution is -2.45. The van der Waals surface area contributed by atoms with E-state index in [0.717, 1.165) is 72.6 Å². The van der Waals surface area contributed by atoms with Crippen LogP contribution in [0.1, 0.15) is 31.0 Å². The highest BCUT2D eigenvalue weighted by molar-refractivity contribution is 5.93. The topological polar surface area (TPSA) is 54.5 Å². The number of Topliss-reactive ketones (excluding diaryl/α,β-unsaturated/α-hetero) is 1. The molecule has 1 aliphatic rings. The highest BCUT2D eigenvalue weighted by Gasteiger charge is 2.38. The molecule has 5 nitrogen and oxygen atoms in total. The summed E-state index contributed by atoms with van der Waals surface area (Å²) in [5, 5.41) is 4.64. The number of hydrogen-bond donors (Lipinski definition) is 1. The van der Waals surface area contributed by atoms with Gasteiger partial charge in [-0.15, -0.1) is 0 Å². The fraction of sp³-hybridized carbons (Fsp3) is 0.312. The van der Waals surface area contributed by atoms with Crippen molar-refractivity contribution in [1.82, 2.24) is 9.88 Å². The van der Waals surface area contributed by atoms with E-state index >= 15 is 0 Å². The number of fused-ring (bicyclic) bond motifs is 1. The Bertz CT molecular complexity index is 1360. The number of benzene rings is 3. The molecule has 4 aromatic rings. The van der Waals surface area contributed by atoms with Gasteiger partial charge in [-0.25, -0.2) is 0 Å². The van der Waals surface area contributed by atoms with Crippen molar-refractivity contribution in [3.63, 3.8) is 0 Å². The van der Waals surface area contributed by atoms with Crippen LogP contribution in [0.15, 0.2) is 84.9 Å². The van der Waals surface area contributed by atoms with Gasteiger partial charge in [0.25, 0.3) is 0 Å². The van der Waals surface area contributed by atoms with Crippen LogP contribution in [0, 0.1) is 12.3 Å². The minimum atomic E-state index is -0.242. The Hall–Kier alpha value is -3.70. The Morgan fingerprint density at radius 2 is 1.73 bits per heavy atom. The smallest absolute Gasteiger partial charge is 0.136 e. The molecule has 1 saturated heterocycles. The van der Waals surface area contributed by atoms with E-state index < -0.39 is 0 Å². The Balaban J connectivity index is 1.16. The van der Waals surface area contributed by atoms with Crippen molar-refractivity contribution in [2.45, 2.75) is 33.1 Å². The third-order valence-electron chi connectivity index (χ3n) is 7.58. The molecule has 2 heterocycles. The van der Waals surface area contributed by atoms with E-state index in [9.17, 15) is 4.79 Å². The first-order valence-corrected chi connectivity index (χ1v) is 13.1. The van der Waals surface area contributed by atoms with Crippen LogP contribution in [0.2, 0.25) is 0 Å². The SMILES string of the molecule is CC(=O)C1(Cc2ccccc2)CCN(CCOc2cccc(Nc3cc(C)nc4ccccc34)c2)CC1. The van der Waals surface area contributed by atoms with Crippen molar-refractivity contribution in [3.05, 3.63) is 96.2 Å². The molecule has 1 aromatic heterocycles. The maximum atomic E-state index is 12.6. The third kappa shape index (κ3) is 6.00. The van der Waals surface area contributed by atoms with Gasteiger partial charge in [0.1, 0.15) is 18.1 Å². The fourth-order valence-corrected chi connectivity index (χ4v) is 5.37. The molecule has 0 unspecified atom stereocenters. The van der Waals surface area contributed by atoms with E-state index in [1.807, 2.05) is 49.4 Å². The van der Waals surface area contributed by atoms with Crippen LogP contribution in [0.5, 0.6) is 5.75 Å². The van der Waals surface area contributed by atoms with E-state index in [2.05, 4.69) is 57.7 Å². The van der Waals surface area contributed by atoms with Crippen LogP contribution in [0.25, 0.3) is 10.9 Å². The number of likely N-dealkylation sites (tertiary alicyclic amines) is 1. The molecule has 0 bridgehead atoms. The fourth-order valence-electron chi connectivity index (χ4n) is 5.37. The highest BCUT2D eigenvalue weighted by Crippen LogP contribution is 2.36. The average Bonchev–Trinajstić information content (AvgIpc) is 2.90. The number of ketones is 1. The van der Waals surface area contributed by atoms with Crippen molar-refractivity contribution in [2.24, 2.45) is 5.41 Å². The lowest BCUT2D eigenvalue weighted by Gasteiger charge is -2.40. The van der Waals surface area contributed by atoms with Crippen molar-refractivity contribution in [1.29, 1.82) is 0 Å². The molecule has 0 radical (unpaired) electrons. The molecule has 5 heteroatoms. The maximum Gasteiger partial charge on any atom is 0.136 e. The van der Waals surface area contributed by atoms with E-state index in [0.29, 0.717) is 12.4 Å². The molecule has 1 fully saturated rings. The number of nitrogens with zero attached hydrogens (tertiary/aromatic N) is 2. The molecular formula is C32H35N3O2. The second-order valence-electron chi connectivity index (χ2n) is 10.2. The number of piperidine rings is 1. The molecule has 0 spiro atoms. The summed E-state index contributed by atoms with van der Waals surface area (Å²) in [5.41, 5.74) is 4.99. The van der Waals surface area contributed by atoms with Gasteiger partial charge in [-0.1, -0.05) is 54.6 Å². The second kappa shape index (κ2) is 11.1. The van der Waals surface area contributed by atoms with Crippen LogP contribution < -0.4 is 10.1 Å². The van der Waals surface area contributed by atoms with Gasteiger partial charge < -0.3 is 10.1 Å². The summed E-state index contributed by atoms with van der Waals surface area (Å²) in [5.74, 6) is 1.16. The third-order valence-corrected chi connectivity index (χ3v) is 7.58. The van der Waals surface area contributed by atoms with E-state index in [1.54, 1.807) is 6.92 Å². The zero-order valence-electron chi connectivity index (χ0n) is 21.7. The highest BCUT2D eigenvalue weighted by atomic mass is 16.5. The van der Waals surface area contributed by atoms with E-state index in [-0.39, 0.29) is 5.41 Å². The molecule has 37 heavy (non-hydrogen) atoms. The van der Waals surface area contributed by atoms with Crippen molar-refractivity contribution in [3.8, 4) is 5.75 Å². The molecule has 0 amide bonds. The van der Waals surface area contributed by atoms with Crippen LogP contribution in [0.3, 0.4) is 0 Å². The zero-order valence-corrected chi connectivity index (χ0v) is 21.7. The lowest BCUT2D eigenvalue weighted by molar-refractivity contribution is -0.129. The van der Waals surface area contributed by atoms with Gasteiger partial charge in [0, 0.05) is 40.5 Å². The largest absolute Gasteiger partial charge is 0.492 e. The first kappa shape index (κ1) is 25.0. The van der Waals surface area contributed by atoms with Crippen LogP contribution in [-0.2, 0) is 11.2 Å². The van der Waals surface area contributed by atoms with Gasteiger partial charge in [-0.05, 0) is 76.0 Å². The number of carbonyl (C=O) groups excluding carboxylic acids is 1. The summed E-state index contributed by atoms with van der Waals surface area (Å²) in [6, 6.07) is 28.8. The number of hydrogen-bond acceptors (Lipinski definition) is 5. The van der Waals surface area contributed by atoms with Gasteiger partial charge in [0.2, 0.25) is 0 Å². The first-order chi connectivity index (χ1) is 18.0. The zero-order chi connectivity index (χ0) is 25.7. The van der Waals surface area contributed by atoms with Gasteiger partial charge in [-0.3, -0.25) is 14.7 Å². The van der Waals surface area contributed by atoms with Gasteiger partial charge in [-0.2, -0.15) is 0 Å². The maximum absolute atomic E-state index is 12.6. The molecule has 1 aliphatic heterocycles. The summed E-state index contributed by atoms with van der Waals surface area (Å²) in [7, 11) is 0. The molecule has 190 valence electrons. The quantitative estimate of drug-likeness (QED) is 0.285. The van der Waals surface area contributed by atoms with Crippen LogP contribution >= 0.6 is 0 Å². The molecule has 5 rings (SSSR count). The van der Waals surface area contributed by atoms with E-state index in [4.69, 9.17) is 4.74 Å². The number of nitrogens with one attached hydrogen (secondary N) is 1. The average molecular weight is 494 g/mol. The molecule has 0 atom stereocenters. The number of rotatable bonds is 9. The summed E-state index contributed by atoms with van der Waals surface area (Å²) in [4.78, 5) is 19.7. The number of pyridine rings is 1. The molecule has 1 N–H and O–H groups in total. The number of carbonyl (C=O) groups is 1. The summed E-state index contributed by atoms with van der Waals surface area (Å²) >= 11 is 0. The monoisotopic (exact) mass is 493 g/mol. The number of aryl methyl sites for hydroxylation is 1. The molecule has 0 aliphatic carbocycles. The minimum Gasteiger partial charge on any atom is -0.492 e. The van der Waals surface area contributed by atoms with Crippen LogP contribution in [-0.4, -0.2) is 41.9 Å². The first-order valence-electron chi connectivity index (χ1n) is 13.1. The Morgan fingerprint density at radius 3 is 2.51 bits per heavy atom. The minimum absolute atomic E-state index is 0.242. The van der Waals surface area contributed by atoms with E-state index in [1.165, 1.54) is 5.56 Å². The van der Waals surface area contributed by atoms with Gasteiger partial charge in [0.05, 0.1) is 5.52 Å². The number of ether oxygens (including phenoxy) is 1. The van der Waals surface area contributed by atoms with Crippen molar-refractivity contribution >= 4 is 28.1 Å². The Labute approximate surface area is 219 Å². The number of anilines is 2. The normalized spacial score (nSPS) is 15.4. The van der Waals surface area contributed by atoms with Crippen molar-refractivity contribution in [2.75, 3.05) is 31.6 Å². The molecule has 0 saturated carbocycles. The summed E-state index contributed by atoms with van der Waals surface area (Å²) in [6.07, 6.45) is 2.63. The van der Waals surface area contributed by atoms with Crippen molar-refractivity contribution < 1.29 is 9.53 Å². The van der Waals surface area contributed by atoms with Gasteiger partial charge in [0.15, 0.2) is 0 Å². The number of para-hydroxylation sites is 1. The molecular weight excluding hydrogens is 458 g/mol. The molecule has 3 aromatic carbocycles. The predicted octanol–water partition coefficient (Wildman–Crippen LogP) is 6.58. The Kier molecular flexibility index (Phi) is 7.52. The van der Waals surface area contributed by atoms with Crippen LogP contribution in [0.4, 0.5) is 11.4 Å². The predicted molar refractivity (Wildman–Crippen MR) is 151 cm³/mol. The number of aromatic nitrogens is 1. The Morgan fingerprint density at radius 1 is 0.973 bits per heavy atom. The standard InChI is InChI=1S/C32H35N3O2/c1-24-21-31(29-13-6-7-14-30(29)33-24)34-27-11-8-12-28(22-27)37-20-19-35-17-15-32(16-18-35,25(2)36)23-26-9-4-3-5-10-26/h3-14,21-22H,15-20,23H2,1-2H3,(H,33,34). The van der Waals surface area contributed by atoms with Gasteiger partial charge >= 0.3 is 0 Å². The summed E-state index contributed by atoms with van der Waals surface area (Å²) in [6.45, 7) is 7.09. The summed E-state index contributed by atoms with van der Waals surface area (Å²) < 4.78 is 6.13.